The lowest BCUT2D eigenvalue weighted by Gasteiger charge is -2.03. The summed E-state index contributed by atoms with van der Waals surface area (Å²) in [5, 5.41) is 19.3. The van der Waals surface area contributed by atoms with Gasteiger partial charge in [-0.1, -0.05) is 0 Å². The molecule has 0 bridgehead atoms. The van der Waals surface area contributed by atoms with Gasteiger partial charge in [0.2, 0.25) is 0 Å². The molecule has 0 fully saturated rings. The Hall–Kier alpha value is -2.12. The van der Waals surface area contributed by atoms with E-state index in [-0.39, 0.29) is 6.29 Å². The van der Waals surface area contributed by atoms with Crippen molar-refractivity contribution < 1.29 is 23.6 Å². The molecule has 0 saturated carbocycles. The molecule has 1 aromatic heterocycles. The van der Waals surface area contributed by atoms with E-state index in [1.807, 2.05) is 0 Å². The van der Waals surface area contributed by atoms with Crippen molar-refractivity contribution in [2.24, 2.45) is 0 Å². The molecule has 0 aliphatic heterocycles. The number of rotatable bonds is 3. The van der Waals surface area contributed by atoms with Crippen LogP contribution < -0.4 is 0 Å². The molecule has 0 amide bonds. The molecule has 0 aliphatic carbocycles. The first kappa shape index (κ1) is 11.0. The fourth-order valence-corrected chi connectivity index (χ4v) is 0.915. The summed E-state index contributed by atoms with van der Waals surface area (Å²) in [5.74, 6) is -1.01. The summed E-state index contributed by atoms with van der Waals surface area (Å²) >= 11 is 0. The van der Waals surface area contributed by atoms with Gasteiger partial charge in [-0.3, -0.25) is 14.9 Å². The molecule has 15 heavy (non-hydrogen) atoms. The van der Waals surface area contributed by atoms with Gasteiger partial charge >= 0.3 is 5.69 Å². The number of carbonyl (C=O) groups is 1. The number of pyridine rings is 1. The average molecular weight is 218 g/mol. The molecule has 0 saturated heterocycles. The molecule has 1 heterocycles. The molecule has 8 heteroatoms. The van der Waals surface area contributed by atoms with E-state index in [9.17, 15) is 23.7 Å². The van der Waals surface area contributed by atoms with Crippen molar-refractivity contribution >= 4 is 12.0 Å². The van der Waals surface area contributed by atoms with Gasteiger partial charge in [0.05, 0.1) is 11.0 Å². The van der Waals surface area contributed by atoms with Crippen LogP contribution >= 0.6 is 0 Å². The summed E-state index contributed by atoms with van der Waals surface area (Å²) in [6.45, 7) is 0. The van der Waals surface area contributed by atoms with E-state index >= 15 is 0 Å². The Morgan fingerprint density at radius 2 is 2.20 bits per heavy atom. The molecule has 0 radical (unpaired) electrons. The van der Waals surface area contributed by atoms with Crippen molar-refractivity contribution in [3.63, 3.8) is 0 Å². The highest BCUT2D eigenvalue weighted by molar-refractivity contribution is 5.79. The van der Waals surface area contributed by atoms with Crippen LogP contribution in [0.5, 0.6) is 5.75 Å². The van der Waals surface area contributed by atoms with Crippen LogP contribution in [0.15, 0.2) is 6.07 Å². The van der Waals surface area contributed by atoms with Gasteiger partial charge in [0.1, 0.15) is 11.4 Å². The van der Waals surface area contributed by atoms with Crippen molar-refractivity contribution in [3.8, 4) is 5.75 Å². The minimum atomic E-state index is -3.11. The highest BCUT2D eigenvalue weighted by Crippen LogP contribution is 2.30. The van der Waals surface area contributed by atoms with Gasteiger partial charge in [-0.15, -0.1) is 0 Å². The van der Waals surface area contributed by atoms with Crippen LogP contribution in [0.2, 0.25) is 0 Å². The molecule has 0 aliphatic rings. The molecule has 0 atom stereocenters. The quantitative estimate of drug-likeness (QED) is 0.470. The topological polar surface area (TPSA) is 93.3 Å². The van der Waals surface area contributed by atoms with Crippen LogP contribution in [0.4, 0.5) is 14.5 Å². The number of aromatic nitrogens is 1. The maximum atomic E-state index is 12.2. The van der Waals surface area contributed by atoms with Crippen LogP contribution in [0.25, 0.3) is 0 Å². The summed E-state index contributed by atoms with van der Waals surface area (Å²) in [6.07, 6.45) is -3.13. The van der Waals surface area contributed by atoms with Crippen molar-refractivity contribution in [1.29, 1.82) is 0 Å². The van der Waals surface area contributed by atoms with Gasteiger partial charge < -0.3 is 5.11 Å². The Labute approximate surface area is 81.3 Å². The first-order valence-corrected chi connectivity index (χ1v) is 3.59. The van der Waals surface area contributed by atoms with E-state index in [0.29, 0.717) is 6.07 Å². The predicted octanol–water partition coefficient (Wildman–Crippen LogP) is 1.45. The number of hydrogen-bond acceptors (Lipinski definition) is 5. The van der Waals surface area contributed by atoms with Crippen LogP contribution in [0, 0.1) is 10.1 Å². The maximum Gasteiger partial charge on any atom is 0.301 e. The third-order valence-corrected chi connectivity index (χ3v) is 1.55. The van der Waals surface area contributed by atoms with Crippen LogP contribution in [-0.2, 0) is 0 Å². The molecule has 1 N–H and O–H groups in total. The number of nitro groups is 1. The zero-order chi connectivity index (χ0) is 11.6. The number of carbonyl (C=O) groups excluding carboxylic acids is 1. The van der Waals surface area contributed by atoms with E-state index in [4.69, 9.17) is 5.11 Å². The van der Waals surface area contributed by atoms with E-state index in [1.165, 1.54) is 0 Å². The third kappa shape index (κ3) is 2.03. The first-order chi connectivity index (χ1) is 6.97. The molecular weight excluding hydrogens is 214 g/mol. The predicted molar refractivity (Wildman–Crippen MR) is 42.9 cm³/mol. The molecule has 6 nitrogen and oxygen atoms in total. The monoisotopic (exact) mass is 218 g/mol. The lowest BCUT2D eigenvalue weighted by molar-refractivity contribution is -0.385. The minimum Gasteiger partial charge on any atom is -0.506 e. The second-order valence-electron chi connectivity index (χ2n) is 2.47. The second kappa shape index (κ2) is 3.95. The van der Waals surface area contributed by atoms with E-state index in [1.54, 1.807) is 0 Å². The van der Waals surface area contributed by atoms with Gasteiger partial charge in [0, 0.05) is 0 Å². The highest BCUT2D eigenvalue weighted by atomic mass is 19.3. The minimum absolute atomic E-state index is 0.0244. The van der Waals surface area contributed by atoms with E-state index in [2.05, 4.69) is 4.98 Å². The Kier molecular flexibility index (Phi) is 2.88. The average Bonchev–Trinajstić information content (AvgIpc) is 2.16. The normalized spacial score (nSPS) is 10.3. The first-order valence-electron chi connectivity index (χ1n) is 3.59. The molecular formula is C7H4F2N2O4. The van der Waals surface area contributed by atoms with E-state index in [0.717, 1.165) is 0 Å². The van der Waals surface area contributed by atoms with Crippen LogP contribution in [0.3, 0.4) is 0 Å². The summed E-state index contributed by atoms with van der Waals surface area (Å²) in [7, 11) is 0. The largest absolute Gasteiger partial charge is 0.506 e. The zero-order valence-corrected chi connectivity index (χ0v) is 7.05. The SMILES string of the molecule is O=Cc1nc(C(F)F)c(O)cc1[N+](=O)[O-]. The smallest absolute Gasteiger partial charge is 0.301 e. The summed E-state index contributed by atoms with van der Waals surface area (Å²) < 4.78 is 24.3. The Morgan fingerprint density at radius 3 is 2.60 bits per heavy atom. The number of halogens is 2. The summed E-state index contributed by atoms with van der Waals surface area (Å²) in [4.78, 5) is 22.7. The molecule has 0 spiro atoms. The van der Waals surface area contributed by atoms with Crippen molar-refractivity contribution in [3.05, 3.63) is 27.6 Å². The second-order valence-corrected chi connectivity index (χ2v) is 2.47. The molecule has 1 aromatic rings. The lowest BCUT2D eigenvalue weighted by Crippen LogP contribution is -2.01. The fraction of sp³-hybridized carbons (Fsp3) is 0.143. The standard InChI is InChI=1S/C7H4F2N2O4/c8-7(9)6-5(13)1-4(11(14)15)3(2-12)10-6/h1-2,7,13H. The van der Waals surface area contributed by atoms with Crippen molar-refractivity contribution in [2.45, 2.75) is 6.43 Å². The lowest BCUT2D eigenvalue weighted by atomic mass is 10.2. The Morgan fingerprint density at radius 1 is 1.60 bits per heavy atom. The fourth-order valence-electron chi connectivity index (χ4n) is 0.915. The third-order valence-electron chi connectivity index (χ3n) is 1.55. The molecule has 1 rings (SSSR count). The van der Waals surface area contributed by atoms with Crippen LogP contribution in [0.1, 0.15) is 22.6 Å². The molecule has 0 aromatic carbocycles. The molecule has 80 valence electrons. The zero-order valence-electron chi connectivity index (χ0n) is 7.05. The van der Waals surface area contributed by atoms with Gasteiger partial charge in [-0.25, -0.2) is 13.8 Å². The maximum absolute atomic E-state index is 12.2. The molecule has 0 unspecified atom stereocenters. The number of alkyl halides is 2. The highest BCUT2D eigenvalue weighted by Gasteiger charge is 2.23. The van der Waals surface area contributed by atoms with Gasteiger partial charge in [0.25, 0.3) is 6.43 Å². The van der Waals surface area contributed by atoms with Gasteiger partial charge in [-0.2, -0.15) is 0 Å². The van der Waals surface area contributed by atoms with E-state index < -0.39 is 34.2 Å². The van der Waals surface area contributed by atoms with Gasteiger partial charge in [-0.05, 0) is 0 Å². The Balaban J connectivity index is 3.42. The van der Waals surface area contributed by atoms with Gasteiger partial charge in [0.15, 0.2) is 12.0 Å². The van der Waals surface area contributed by atoms with Crippen molar-refractivity contribution in [2.75, 3.05) is 0 Å². The van der Waals surface area contributed by atoms with Crippen molar-refractivity contribution in [1.82, 2.24) is 4.98 Å². The summed E-state index contributed by atoms with van der Waals surface area (Å²) in [6, 6.07) is 0.470. The number of aldehydes is 1. The Bertz CT molecular complexity index is 422. The number of nitrogens with zero attached hydrogens (tertiary/aromatic N) is 2. The number of hydrogen-bond donors (Lipinski definition) is 1. The summed E-state index contributed by atoms with van der Waals surface area (Å²) in [5.41, 5.74) is -2.61. The number of aromatic hydroxyl groups is 1. The van der Waals surface area contributed by atoms with Crippen LogP contribution in [-0.4, -0.2) is 21.3 Å².